The summed E-state index contributed by atoms with van der Waals surface area (Å²) in [5.74, 6) is -0.707. The molecule has 0 aromatic heterocycles. The number of carboxylic acids is 1. The lowest BCUT2D eigenvalue weighted by molar-refractivity contribution is -0.137. The molecule has 2 heteroatoms. The summed E-state index contributed by atoms with van der Waals surface area (Å²) in [7, 11) is 0. The Morgan fingerprint density at radius 3 is 2.31 bits per heavy atom. The van der Waals surface area contributed by atoms with Gasteiger partial charge in [-0.2, -0.15) is 0 Å². The van der Waals surface area contributed by atoms with Gasteiger partial charge in [0.05, 0.1) is 0 Å². The lowest BCUT2D eigenvalue weighted by Gasteiger charge is -2.03. The monoisotopic (exact) mass is 184 g/mol. The van der Waals surface area contributed by atoms with E-state index in [1.165, 1.54) is 24.8 Å². The van der Waals surface area contributed by atoms with Gasteiger partial charge < -0.3 is 5.11 Å². The molecule has 2 nitrogen and oxygen atoms in total. The number of unbranched alkanes of at least 4 members (excludes halogenated alkanes) is 2. The van der Waals surface area contributed by atoms with Gasteiger partial charge in [0.15, 0.2) is 0 Å². The van der Waals surface area contributed by atoms with E-state index in [-0.39, 0.29) is 6.42 Å². The van der Waals surface area contributed by atoms with Gasteiger partial charge in [0.2, 0.25) is 0 Å². The number of carboxylic acid groups (broad SMARTS) is 1. The summed E-state index contributed by atoms with van der Waals surface area (Å²) < 4.78 is 0. The average Bonchev–Trinajstić information content (AvgIpc) is 2.04. The van der Waals surface area contributed by atoms with Crippen molar-refractivity contribution in [3.05, 3.63) is 12.2 Å². The fraction of sp³-hybridized carbons (Fsp3) is 0.727. The Kier molecular flexibility index (Phi) is 7.36. The first kappa shape index (κ1) is 12.2. The summed E-state index contributed by atoms with van der Waals surface area (Å²) in [6.07, 6.45) is 6.61. The van der Waals surface area contributed by atoms with Crippen molar-refractivity contribution in [3.8, 4) is 0 Å². The zero-order valence-electron chi connectivity index (χ0n) is 8.51. The lowest BCUT2D eigenvalue weighted by atomic mass is 10.0. The first-order chi connectivity index (χ1) is 6.16. The molecule has 0 fully saturated rings. The summed E-state index contributed by atoms with van der Waals surface area (Å²) >= 11 is 0. The molecule has 0 aliphatic heterocycles. The zero-order chi connectivity index (χ0) is 10.1. The number of aliphatic carboxylic acids is 1. The summed E-state index contributed by atoms with van der Waals surface area (Å²) in [4.78, 5) is 10.2. The minimum absolute atomic E-state index is 0.271. The van der Waals surface area contributed by atoms with Crippen molar-refractivity contribution in [1.82, 2.24) is 0 Å². The number of rotatable bonds is 8. The largest absolute Gasteiger partial charge is 0.481 e. The van der Waals surface area contributed by atoms with E-state index >= 15 is 0 Å². The van der Waals surface area contributed by atoms with Gasteiger partial charge in [-0.1, -0.05) is 31.9 Å². The molecular formula is C11H20O2. The quantitative estimate of drug-likeness (QED) is 0.464. The molecule has 0 atom stereocenters. The lowest BCUT2D eigenvalue weighted by Crippen LogP contribution is -1.94. The van der Waals surface area contributed by atoms with Crippen LogP contribution in [0.2, 0.25) is 0 Å². The minimum Gasteiger partial charge on any atom is -0.481 e. The van der Waals surface area contributed by atoms with Crippen LogP contribution in [0.25, 0.3) is 0 Å². The molecule has 0 aromatic rings. The van der Waals surface area contributed by atoms with E-state index in [0.717, 1.165) is 19.3 Å². The molecule has 0 saturated heterocycles. The first-order valence-corrected chi connectivity index (χ1v) is 5.05. The molecular weight excluding hydrogens is 164 g/mol. The predicted octanol–water partition coefficient (Wildman–Crippen LogP) is 3.38. The maximum atomic E-state index is 10.2. The Hall–Kier alpha value is -0.790. The van der Waals surface area contributed by atoms with Gasteiger partial charge in [0.25, 0.3) is 0 Å². The van der Waals surface area contributed by atoms with Gasteiger partial charge >= 0.3 is 5.97 Å². The van der Waals surface area contributed by atoms with Crippen molar-refractivity contribution in [2.45, 2.75) is 51.9 Å². The molecule has 0 saturated carbocycles. The highest BCUT2D eigenvalue weighted by Gasteiger charge is 1.98. The molecule has 1 N–H and O–H groups in total. The van der Waals surface area contributed by atoms with Gasteiger partial charge in [-0.15, -0.1) is 0 Å². The molecule has 0 amide bonds. The summed E-state index contributed by atoms with van der Waals surface area (Å²) in [5, 5.41) is 8.41. The molecule has 76 valence electrons. The highest BCUT2D eigenvalue weighted by atomic mass is 16.4. The molecule has 0 rings (SSSR count). The van der Waals surface area contributed by atoms with Crippen LogP contribution >= 0.6 is 0 Å². The molecule has 0 heterocycles. The van der Waals surface area contributed by atoms with E-state index in [2.05, 4.69) is 13.5 Å². The Labute approximate surface area is 80.7 Å². The third kappa shape index (κ3) is 9.12. The minimum atomic E-state index is -0.707. The van der Waals surface area contributed by atoms with Crippen molar-refractivity contribution in [2.24, 2.45) is 0 Å². The fourth-order valence-electron chi connectivity index (χ4n) is 1.24. The van der Waals surface area contributed by atoms with Crippen molar-refractivity contribution in [1.29, 1.82) is 0 Å². The van der Waals surface area contributed by atoms with Gasteiger partial charge in [0, 0.05) is 6.42 Å². The maximum absolute atomic E-state index is 10.2. The fourth-order valence-corrected chi connectivity index (χ4v) is 1.24. The summed E-state index contributed by atoms with van der Waals surface area (Å²) in [6, 6.07) is 0. The number of hydrogen-bond acceptors (Lipinski definition) is 1. The molecule has 0 aliphatic carbocycles. The smallest absolute Gasteiger partial charge is 0.303 e. The predicted molar refractivity (Wildman–Crippen MR) is 54.8 cm³/mol. The van der Waals surface area contributed by atoms with Crippen molar-refractivity contribution < 1.29 is 9.90 Å². The van der Waals surface area contributed by atoms with Crippen LogP contribution in [0.1, 0.15) is 51.9 Å². The number of carbonyl (C=O) groups is 1. The Morgan fingerprint density at radius 2 is 1.77 bits per heavy atom. The second-order valence-corrected chi connectivity index (χ2v) is 3.45. The summed E-state index contributed by atoms with van der Waals surface area (Å²) in [6.45, 7) is 6.10. The Bertz CT molecular complexity index is 161. The van der Waals surface area contributed by atoms with Gasteiger partial charge in [-0.3, -0.25) is 4.79 Å². The van der Waals surface area contributed by atoms with Gasteiger partial charge in [-0.25, -0.2) is 0 Å². The Balaban J connectivity index is 3.25. The highest BCUT2D eigenvalue weighted by Crippen LogP contribution is 2.13. The molecule has 0 unspecified atom stereocenters. The van der Waals surface area contributed by atoms with Crippen LogP contribution in [0.5, 0.6) is 0 Å². The van der Waals surface area contributed by atoms with E-state index in [0.29, 0.717) is 0 Å². The van der Waals surface area contributed by atoms with Crippen LogP contribution in [0.3, 0.4) is 0 Å². The van der Waals surface area contributed by atoms with Crippen LogP contribution in [-0.2, 0) is 4.79 Å². The van der Waals surface area contributed by atoms with Crippen molar-refractivity contribution >= 4 is 5.97 Å². The van der Waals surface area contributed by atoms with Crippen LogP contribution in [0, 0.1) is 0 Å². The maximum Gasteiger partial charge on any atom is 0.303 e. The standard InChI is InChI=1S/C11H20O2/c1-3-4-5-7-10(2)8-6-9-11(12)13/h2-9H2,1H3,(H,12,13). The topological polar surface area (TPSA) is 37.3 Å². The second-order valence-electron chi connectivity index (χ2n) is 3.45. The Morgan fingerprint density at radius 1 is 1.15 bits per heavy atom. The molecule has 0 bridgehead atoms. The second kappa shape index (κ2) is 7.84. The van der Waals surface area contributed by atoms with E-state index in [4.69, 9.17) is 5.11 Å². The normalized spacial score (nSPS) is 9.92. The third-order valence-electron chi connectivity index (χ3n) is 2.05. The van der Waals surface area contributed by atoms with Crippen molar-refractivity contribution in [2.75, 3.05) is 0 Å². The van der Waals surface area contributed by atoms with Gasteiger partial charge in [-0.05, 0) is 25.7 Å². The molecule has 0 spiro atoms. The van der Waals surface area contributed by atoms with E-state index in [1.807, 2.05) is 0 Å². The van der Waals surface area contributed by atoms with E-state index < -0.39 is 5.97 Å². The highest BCUT2D eigenvalue weighted by molar-refractivity contribution is 5.66. The number of hydrogen-bond donors (Lipinski definition) is 1. The molecule has 0 aliphatic rings. The first-order valence-electron chi connectivity index (χ1n) is 5.05. The summed E-state index contributed by atoms with van der Waals surface area (Å²) in [5.41, 5.74) is 1.20. The van der Waals surface area contributed by atoms with E-state index in [1.54, 1.807) is 0 Å². The van der Waals surface area contributed by atoms with Crippen LogP contribution in [0.15, 0.2) is 12.2 Å². The number of allylic oxidation sites excluding steroid dienone is 1. The van der Waals surface area contributed by atoms with Gasteiger partial charge in [0.1, 0.15) is 0 Å². The van der Waals surface area contributed by atoms with Crippen LogP contribution < -0.4 is 0 Å². The molecule has 0 radical (unpaired) electrons. The van der Waals surface area contributed by atoms with Crippen LogP contribution in [0.4, 0.5) is 0 Å². The average molecular weight is 184 g/mol. The molecule has 0 aromatic carbocycles. The van der Waals surface area contributed by atoms with E-state index in [9.17, 15) is 4.79 Å². The zero-order valence-corrected chi connectivity index (χ0v) is 8.51. The third-order valence-corrected chi connectivity index (χ3v) is 2.05. The molecule has 13 heavy (non-hydrogen) atoms. The van der Waals surface area contributed by atoms with Crippen molar-refractivity contribution in [3.63, 3.8) is 0 Å². The van der Waals surface area contributed by atoms with Crippen LogP contribution in [-0.4, -0.2) is 11.1 Å². The SMILES string of the molecule is C=C(CCCCC)CCCC(=O)O.